The minimum Gasteiger partial charge on any atom is -0.389 e. The van der Waals surface area contributed by atoms with Gasteiger partial charge in [-0.3, -0.25) is 4.79 Å². The van der Waals surface area contributed by atoms with Crippen LogP contribution in [0.4, 0.5) is 5.69 Å². The first kappa shape index (κ1) is 15.5. The molecule has 0 amide bonds. The van der Waals surface area contributed by atoms with Gasteiger partial charge in [0.15, 0.2) is 5.78 Å². The summed E-state index contributed by atoms with van der Waals surface area (Å²) in [6, 6.07) is 14.6. The summed E-state index contributed by atoms with van der Waals surface area (Å²) >= 11 is 3.33. The molecule has 21 heavy (non-hydrogen) atoms. The van der Waals surface area contributed by atoms with Gasteiger partial charge >= 0.3 is 0 Å². The highest BCUT2D eigenvalue weighted by atomic mass is 79.9. The summed E-state index contributed by atoms with van der Waals surface area (Å²) in [5.74, 6) is -0.0679. The third-order valence-electron chi connectivity index (χ3n) is 2.98. The molecule has 0 fully saturated rings. The Balaban J connectivity index is 2.00. The molecule has 0 unspecified atom stereocenters. The molecule has 0 aliphatic carbocycles. The van der Waals surface area contributed by atoms with Gasteiger partial charge in [-0.25, -0.2) is 0 Å². The third kappa shape index (κ3) is 4.55. The molecule has 3 nitrogen and oxygen atoms in total. The predicted octanol–water partition coefficient (Wildman–Crippen LogP) is 4.31. The van der Waals surface area contributed by atoms with Crippen LogP contribution >= 0.6 is 15.9 Å². The van der Waals surface area contributed by atoms with Crippen molar-refractivity contribution in [2.75, 3.05) is 5.32 Å². The summed E-state index contributed by atoms with van der Waals surface area (Å²) in [7, 11) is 0. The molecule has 0 radical (unpaired) electrons. The second-order valence-corrected chi connectivity index (χ2v) is 5.57. The van der Waals surface area contributed by atoms with Crippen LogP contribution in [-0.2, 0) is 0 Å². The Kier molecular flexibility index (Phi) is 5.31. The molecule has 2 rings (SSSR count). The highest BCUT2D eigenvalue weighted by molar-refractivity contribution is 9.10. The molecule has 0 aliphatic heterocycles. The van der Waals surface area contributed by atoms with Crippen molar-refractivity contribution in [1.29, 1.82) is 0 Å². The monoisotopic (exact) mass is 345 g/mol. The largest absolute Gasteiger partial charge is 0.389 e. The van der Waals surface area contributed by atoms with Crippen LogP contribution in [0, 0.1) is 0 Å². The van der Waals surface area contributed by atoms with Crippen LogP contribution in [0.15, 0.2) is 65.3 Å². The standard InChI is InChI=1S/C17H16BrNO2/c1-12(20)14-3-2-4-16(11-14)19-10-9-17(21)13-5-7-15(18)8-6-13/h2-12,19-20H,1H3/b10-9+/t12-/m1/s1. The van der Waals surface area contributed by atoms with Crippen LogP contribution in [0.1, 0.15) is 28.9 Å². The second kappa shape index (κ2) is 7.20. The SMILES string of the molecule is C[C@@H](O)c1cccc(N/C=C/C(=O)c2ccc(Br)cc2)c1. The number of ketones is 1. The van der Waals surface area contributed by atoms with Crippen molar-refractivity contribution in [1.82, 2.24) is 0 Å². The molecule has 0 heterocycles. The Bertz CT molecular complexity index is 648. The van der Waals surface area contributed by atoms with Gasteiger partial charge in [0.2, 0.25) is 0 Å². The lowest BCUT2D eigenvalue weighted by molar-refractivity contribution is 0.104. The number of anilines is 1. The molecule has 0 spiro atoms. The normalized spacial score (nSPS) is 12.3. The Hall–Kier alpha value is -1.91. The lowest BCUT2D eigenvalue weighted by Crippen LogP contribution is -1.97. The number of rotatable bonds is 5. The van der Waals surface area contributed by atoms with E-state index in [1.54, 1.807) is 25.3 Å². The van der Waals surface area contributed by atoms with E-state index in [-0.39, 0.29) is 5.78 Å². The molecular weight excluding hydrogens is 330 g/mol. The molecular formula is C17H16BrNO2. The van der Waals surface area contributed by atoms with E-state index < -0.39 is 6.10 Å². The summed E-state index contributed by atoms with van der Waals surface area (Å²) < 4.78 is 0.941. The summed E-state index contributed by atoms with van der Waals surface area (Å²) in [5.41, 5.74) is 2.29. The van der Waals surface area contributed by atoms with Crippen molar-refractivity contribution in [3.8, 4) is 0 Å². The number of aliphatic hydroxyl groups is 1. The lowest BCUT2D eigenvalue weighted by atomic mass is 10.1. The predicted molar refractivity (Wildman–Crippen MR) is 88.3 cm³/mol. The average molecular weight is 346 g/mol. The van der Waals surface area contributed by atoms with Crippen molar-refractivity contribution < 1.29 is 9.90 Å². The molecule has 0 aromatic heterocycles. The Labute approximate surface area is 132 Å². The number of aliphatic hydroxyl groups excluding tert-OH is 1. The summed E-state index contributed by atoms with van der Waals surface area (Å²) in [4.78, 5) is 11.9. The highest BCUT2D eigenvalue weighted by Gasteiger charge is 2.02. The zero-order valence-corrected chi connectivity index (χ0v) is 13.2. The maximum Gasteiger partial charge on any atom is 0.187 e. The number of nitrogens with one attached hydrogen (secondary N) is 1. The lowest BCUT2D eigenvalue weighted by Gasteiger charge is -2.07. The van der Waals surface area contributed by atoms with Gasteiger partial charge in [0.05, 0.1) is 6.10 Å². The van der Waals surface area contributed by atoms with Crippen LogP contribution in [0.3, 0.4) is 0 Å². The molecule has 2 aromatic carbocycles. The fraction of sp³-hybridized carbons (Fsp3) is 0.118. The number of benzene rings is 2. The van der Waals surface area contributed by atoms with E-state index in [4.69, 9.17) is 0 Å². The van der Waals surface area contributed by atoms with Crippen molar-refractivity contribution in [3.63, 3.8) is 0 Å². The Morgan fingerprint density at radius 1 is 1.24 bits per heavy atom. The first-order valence-electron chi connectivity index (χ1n) is 6.57. The maximum atomic E-state index is 11.9. The number of carbonyl (C=O) groups is 1. The number of halogens is 1. The van der Waals surface area contributed by atoms with E-state index in [9.17, 15) is 9.90 Å². The Morgan fingerprint density at radius 2 is 1.95 bits per heavy atom. The summed E-state index contributed by atoms with van der Waals surface area (Å²) in [6.07, 6.45) is 2.57. The molecule has 1 atom stereocenters. The number of carbonyl (C=O) groups excluding carboxylic acids is 1. The van der Waals surface area contributed by atoms with Crippen LogP contribution < -0.4 is 5.32 Å². The molecule has 0 bridgehead atoms. The van der Waals surface area contributed by atoms with E-state index in [2.05, 4.69) is 21.2 Å². The molecule has 0 aliphatic rings. The van der Waals surface area contributed by atoms with Crippen LogP contribution in [-0.4, -0.2) is 10.9 Å². The van der Waals surface area contributed by atoms with Crippen molar-refractivity contribution in [2.24, 2.45) is 0 Å². The molecule has 4 heteroatoms. The molecule has 0 saturated heterocycles. The van der Waals surface area contributed by atoms with Crippen molar-refractivity contribution in [3.05, 3.63) is 76.4 Å². The van der Waals surface area contributed by atoms with Crippen molar-refractivity contribution >= 4 is 27.4 Å². The zero-order chi connectivity index (χ0) is 15.2. The van der Waals surface area contributed by atoms with E-state index in [0.29, 0.717) is 5.56 Å². The second-order valence-electron chi connectivity index (χ2n) is 4.65. The van der Waals surface area contributed by atoms with Gasteiger partial charge in [-0.1, -0.05) is 28.1 Å². The van der Waals surface area contributed by atoms with Gasteiger partial charge in [-0.15, -0.1) is 0 Å². The number of hydrogen-bond donors (Lipinski definition) is 2. The van der Waals surface area contributed by atoms with Gasteiger partial charge in [0, 0.05) is 28.0 Å². The minimum absolute atomic E-state index is 0.0679. The highest BCUT2D eigenvalue weighted by Crippen LogP contribution is 2.17. The smallest absolute Gasteiger partial charge is 0.187 e. The zero-order valence-electron chi connectivity index (χ0n) is 11.6. The molecule has 108 valence electrons. The number of allylic oxidation sites excluding steroid dienone is 1. The van der Waals surface area contributed by atoms with Gasteiger partial charge in [0.25, 0.3) is 0 Å². The van der Waals surface area contributed by atoms with Crippen LogP contribution in [0.5, 0.6) is 0 Å². The third-order valence-corrected chi connectivity index (χ3v) is 3.51. The first-order chi connectivity index (χ1) is 10.1. The quantitative estimate of drug-likeness (QED) is 0.627. The van der Waals surface area contributed by atoms with Crippen molar-refractivity contribution in [2.45, 2.75) is 13.0 Å². The van der Waals surface area contributed by atoms with E-state index in [0.717, 1.165) is 15.7 Å². The summed E-state index contributed by atoms with van der Waals surface area (Å²) in [5, 5.41) is 12.6. The molecule has 2 N–H and O–H groups in total. The minimum atomic E-state index is -0.514. The topological polar surface area (TPSA) is 49.3 Å². The fourth-order valence-electron chi connectivity index (χ4n) is 1.81. The van der Waals surface area contributed by atoms with E-state index >= 15 is 0 Å². The maximum absolute atomic E-state index is 11.9. The molecule has 2 aromatic rings. The van der Waals surface area contributed by atoms with Gasteiger partial charge in [0.1, 0.15) is 0 Å². The van der Waals surface area contributed by atoms with E-state index in [1.165, 1.54) is 6.08 Å². The van der Waals surface area contributed by atoms with Gasteiger partial charge < -0.3 is 10.4 Å². The Morgan fingerprint density at radius 3 is 2.62 bits per heavy atom. The van der Waals surface area contributed by atoms with E-state index in [1.807, 2.05) is 36.4 Å². The fourth-order valence-corrected chi connectivity index (χ4v) is 2.08. The van der Waals surface area contributed by atoms with Crippen LogP contribution in [0.2, 0.25) is 0 Å². The van der Waals surface area contributed by atoms with Crippen LogP contribution in [0.25, 0.3) is 0 Å². The number of hydrogen-bond acceptors (Lipinski definition) is 3. The van der Waals surface area contributed by atoms with Gasteiger partial charge in [-0.2, -0.15) is 0 Å². The molecule has 0 saturated carbocycles. The summed E-state index contributed by atoms with van der Waals surface area (Å²) in [6.45, 7) is 1.71. The first-order valence-corrected chi connectivity index (χ1v) is 7.36. The van der Waals surface area contributed by atoms with Gasteiger partial charge in [-0.05, 0) is 48.9 Å². The average Bonchev–Trinajstić information content (AvgIpc) is 2.48.